The highest BCUT2D eigenvalue weighted by Crippen LogP contribution is 2.36. The summed E-state index contributed by atoms with van der Waals surface area (Å²) in [5.41, 5.74) is -1.31. The van der Waals surface area contributed by atoms with E-state index in [1.807, 2.05) is 0 Å². The van der Waals surface area contributed by atoms with Gasteiger partial charge in [0.15, 0.2) is 0 Å². The van der Waals surface area contributed by atoms with Gasteiger partial charge in [0.2, 0.25) is 0 Å². The number of oxime groups is 1. The van der Waals surface area contributed by atoms with Crippen LogP contribution in [0.3, 0.4) is 0 Å². The smallest absolute Gasteiger partial charge is 0.385 e. The van der Waals surface area contributed by atoms with Crippen molar-refractivity contribution in [1.82, 2.24) is 0 Å². The van der Waals surface area contributed by atoms with E-state index >= 15 is 0 Å². The van der Waals surface area contributed by atoms with E-state index in [4.69, 9.17) is 14.9 Å². The Morgan fingerprint density at radius 1 is 1.55 bits per heavy atom. The summed E-state index contributed by atoms with van der Waals surface area (Å²) in [6.07, 6.45) is 0. The summed E-state index contributed by atoms with van der Waals surface area (Å²) in [7, 11) is -3.84. The summed E-state index contributed by atoms with van der Waals surface area (Å²) in [6.45, 7) is 0. The first-order valence-electron chi connectivity index (χ1n) is 2.30. The molecule has 0 fully saturated rings. The summed E-state index contributed by atoms with van der Waals surface area (Å²) in [5.74, 6) is -1.81. The summed E-state index contributed by atoms with van der Waals surface area (Å²) in [6, 6.07) is 0. The van der Waals surface area contributed by atoms with Crippen LogP contribution in [0.25, 0.3) is 0 Å². The Morgan fingerprint density at radius 2 is 2.00 bits per heavy atom. The number of hydrogen-bond donors (Lipinski definition) is 3. The molecular weight excluding hydrogens is 177 g/mol. The predicted octanol–water partition coefficient (Wildman–Crippen LogP) is -0.791. The van der Waals surface area contributed by atoms with Crippen molar-refractivity contribution in [1.29, 1.82) is 0 Å². The van der Waals surface area contributed by atoms with E-state index < -0.39 is 19.0 Å². The maximum absolute atomic E-state index is 10.3. The fourth-order valence-corrected chi connectivity index (χ4v) is 0.740. The standard InChI is InChI=1S/C3H6NO6P/c1-10-4-2(3(5)6)11(7,8)9/h1H3,(H,5,6)(H2,7,8,9). The van der Waals surface area contributed by atoms with Gasteiger partial charge in [-0.25, -0.2) is 4.79 Å². The first kappa shape index (κ1) is 10.1. The lowest BCUT2D eigenvalue weighted by Gasteiger charge is -2.00. The molecule has 7 nitrogen and oxygen atoms in total. The Morgan fingerprint density at radius 3 is 2.09 bits per heavy atom. The molecule has 0 unspecified atom stereocenters. The first-order chi connectivity index (χ1) is 4.89. The normalized spacial score (nSPS) is 12.8. The molecule has 0 aromatic rings. The zero-order valence-corrected chi connectivity index (χ0v) is 6.36. The van der Waals surface area contributed by atoms with Crippen LogP contribution < -0.4 is 0 Å². The van der Waals surface area contributed by atoms with Crippen molar-refractivity contribution in [2.75, 3.05) is 7.11 Å². The Kier molecular flexibility index (Phi) is 3.18. The summed E-state index contributed by atoms with van der Waals surface area (Å²) >= 11 is 0. The molecule has 0 bridgehead atoms. The minimum absolute atomic E-state index is 0.985. The zero-order chi connectivity index (χ0) is 9.07. The molecule has 0 saturated heterocycles. The number of nitrogens with zero attached hydrogens (tertiary/aromatic N) is 1. The molecule has 0 aromatic carbocycles. The van der Waals surface area contributed by atoms with Gasteiger partial charge in [0.1, 0.15) is 7.11 Å². The fraction of sp³-hybridized carbons (Fsp3) is 0.333. The monoisotopic (exact) mass is 183 g/mol. The topological polar surface area (TPSA) is 116 Å². The molecule has 0 aromatic heterocycles. The fourth-order valence-electron chi connectivity index (χ4n) is 0.303. The van der Waals surface area contributed by atoms with E-state index in [1.165, 1.54) is 0 Å². The molecule has 0 saturated carbocycles. The highest BCUT2D eigenvalue weighted by molar-refractivity contribution is 7.73. The van der Waals surface area contributed by atoms with E-state index in [-0.39, 0.29) is 0 Å². The Hall–Kier alpha value is -0.910. The van der Waals surface area contributed by atoms with E-state index in [1.54, 1.807) is 0 Å². The van der Waals surface area contributed by atoms with Crippen LogP contribution in [0.15, 0.2) is 5.16 Å². The van der Waals surface area contributed by atoms with Crippen molar-refractivity contribution in [3.8, 4) is 0 Å². The van der Waals surface area contributed by atoms with Crippen molar-refractivity contribution in [3.63, 3.8) is 0 Å². The Labute approximate surface area is 61.4 Å². The molecule has 0 spiro atoms. The van der Waals surface area contributed by atoms with Gasteiger partial charge in [-0.15, -0.1) is 0 Å². The van der Waals surface area contributed by atoms with Crippen molar-refractivity contribution in [3.05, 3.63) is 0 Å². The second-order valence-corrected chi connectivity index (χ2v) is 2.96. The van der Waals surface area contributed by atoms with Gasteiger partial charge in [-0.1, -0.05) is 5.16 Å². The second-order valence-electron chi connectivity index (χ2n) is 1.45. The maximum Gasteiger partial charge on any atom is 0.385 e. The minimum atomic E-state index is -4.82. The highest BCUT2D eigenvalue weighted by Gasteiger charge is 2.31. The quantitative estimate of drug-likeness (QED) is 0.300. The van der Waals surface area contributed by atoms with Crippen LogP contribution in [0.1, 0.15) is 0 Å². The van der Waals surface area contributed by atoms with Gasteiger partial charge in [0, 0.05) is 0 Å². The summed E-state index contributed by atoms with van der Waals surface area (Å²) < 4.78 is 10.3. The average Bonchev–Trinajstić information content (AvgIpc) is 1.79. The summed E-state index contributed by atoms with van der Waals surface area (Å²) in [4.78, 5) is 30.5. The maximum atomic E-state index is 10.3. The molecule has 0 aliphatic carbocycles. The molecular formula is C3H6NO6P. The molecule has 0 heterocycles. The lowest BCUT2D eigenvalue weighted by Crippen LogP contribution is -2.13. The Bertz CT molecular complexity index is 228. The van der Waals surface area contributed by atoms with Crippen molar-refractivity contribution in [2.45, 2.75) is 0 Å². The molecule has 3 N–H and O–H groups in total. The third-order valence-electron chi connectivity index (χ3n) is 0.645. The van der Waals surface area contributed by atoms with Gasteiger partial charge < -0.3 is 19.7 Å². The van der Waals surface area contributed by atoms with Gasteiger partial charge in [-0.3, -0.25) is 4.57 Å². The molecule has 0 atom stereocenters. The number of aliphatic carboxylic acids is 1. The number of rotatable bonds is 3. The molecule has 11 heavy (non-hydrogen) atoms. The van der Waals surface area contributed by atoms with E-state index in [0.717, 1.165) is 7.11 Å². The SMILES string of the molecule is CON=C(C(=O)O)P(=O)(O)O. The number of hydrogen-bond acceptors (Lipinski definition) is 4. The van der Waals surface area contributed by atoms with Gasteiger partial charge in [-0.2, -0.15) is 0 Å². The molecule has 0 aliphatic heterocycles. The van der Waals surface area contributed by atoms with Crippen LogP contribution in [0, 0.1) is 0 Å². The molecule has 0 rings (SSSR count). The van der Waals surface area contributed by atoms with E-state index in [9.17, 15) is 9.36 Å². The van der Waals surface area contributed by atoms with Gasteiger partial charge in [-0.05, 0) is 0 Å². The van der Waals surface area contributed by atoms with Crippen LogP contribution in [0.2, 0.25) is 0 Å². The van der Waals surface area contributed by atoms with Crippen LogP contribution in [0.4, 0.5) is 0 Å². The van der Waals surface area contributed by atoms with Crippen molar-refractivity contribution in [2.24, 2.45) is 5.16 Å². The molecule has 8 heteroatoms. The minimum Gasteiger partial charge on any atom is -0.476 e. The third-order valence-corrected chi connectivity index (χ3v) is 1.47. The Balaban J connectivity index is 4.78. The zero-order valence-electron chi connectivity index (χ0n) is 5.46. The van der Waals surface area contributed by atoms with Crippen molar-refractivity contribution < 1.29 is 29.1 Å². The van der Waals surface area contributed by atoms with E-state index in [2.05, 4.69) is 9.99 Å². The van der Waals surface area contributed by atoms with Gasteiger partial charge >= 0.3 is 13.6 Å². The number of carboxylic acid groups (broad SMARTS) is 1. The van der Waals surface area contributed by atoms with Gasteiger partial charge in [0.25, 0.3) is 5.45 Å². The second kappa shape index (κ2) is 3.47. The largest absolute Gasteiger partial charge is 0.476 e. The first-order valence-corrected chi connectivity index (χ1v) is 3.91. The van der Waals surface area contributed by atoms with Crippen LogP contribution in [-0.2, 0) is 14.2 Å². The molecule has 0 amide bonds. The van der Waals surface area contributed by atoms with E-state index in [0.29, 0.717) is 0 Å². The average molecular weight is 183 g/mol. The lowest BCUT2D eigenvalue weighted by molar-refractivity contribution is -0.129. The molecule has 64 valence electrons. The lowest BCUT2D eigenvalue weighted by atomic mass is 10.8. The third kappa shape index (κ3) is 3.13. The number of carbonyl (C=O) groups is 1. The van der Waals surface area contributed by atoms with Crippen LogP contribution in [-0.4, -0.2) is 33.4 Å². The highest BCUT2D eigenvalue weighted by atomic mass is 31.2. The van der Waals surface area contributed by atoms with Crippen molar-refractivity contribution >= 4 is 19.0 Å². The van der Waals surface area contributed by atoms with Crippen LogP contribution in [0.5, 0.6) is 0 Å². The van der Waals surface area contributed by atoms with Gasteiger partial charge in [0.05, 0.1) is 0 Å². The summed E-state index contributed by atoms with van der Waals surface area (Å²) in [5, 5.41) is 10.8. The molecule has 0 radical (unpaired) electrons. The number of carboxylic acids is 1. The van der Waals surface area contributed by atoms with Crippen LogP contribution >= 0.6 is 7.60 Å². The molecule has 0 aliphatic rings. The predicted molar refractivity (Wildman–Crippen MR) is 34.1 cm³/mol.